The second kappa shape index (κ2) is 17.9. The minimum absolute atomic E-state index is 0.0304. The highest BCUT2D eigenvalue weighted by Gasteiger charge is 2.21. The van der Waals surface area contributed by atoms with E-state index in [1.807, 2.05) is 0 Å². The van der Waals surface area contributed by atoms with Gasteiger partial charge in [-0.3, -0.25) is 9.59 Å². The number of carbonyl (C=O) groups is 2. The van der Waals surface area contributed by atoms with Crippen molar-refractivity contribution in [1.82, 2.24) is 0 Å². The minimum Gasteiger partial charge on any atom is -0.369 e. The average molecular weight is 353 g/mol. The molecule has 0 saturated carbocycles. The summed E-state index contributed by atoms with van der Waals surface area (Å²) in [6.45, 7) is 5.89. The Balaban J connectivity index is 3.26. The first-order valence-electron chi connectivity index (χ1n) is 10.7. The quantitative estimate of drug-likeness (QED) is 0.224. The number of amides is 1. The van der Waals surface area contributed by atoms with Gasteiger partial charge in [0.2, 0.25) is 5.91 Å². The molecule has 0 spiro atoms. The summed E-state index contributed by atoms with van der Waals surface area (Å²) in [6.07, 6.45) is 20.4. The van der Waals surface area contributed by atoms with E-state index in [0.717, 1.165) is 12.8 Å². The Morgan fingerprint density at radius 2 is 1.08 bits per heavy atom. The molecule has 0 aromatic rings. The van der Waals surface area contributed by atoms with Crippen molar-refractivity contribution < 1.29 is 9.59 Å². The van der Waals surface area contributed by atoms with Crippen molar-refractivity contribution in [2.45, 2.75) is 116 Å². The molecule has 1 radical (unpaired) electrons. The van der Waals surface area contributed by atoms with Crippen molar-refractivity contribution in [2.24, 2.45) is 11.7 Å². The zero-order chi connectivity index (χ0) is 18.8. The third kappa shape index (κ3) is 15.1. The summed E-state index contributed by atoms with van der Waals surface area (Å²) < 4.78 is 0. The van der Waals surface area contributed by atoms with Gasteiger partial charge in [-0.15, -0.1) is 0 Å². The van der Waals surface area contributed by atoms with E-state index < -0.39 is 11.8 Å². The molecule has 3 nitrogen and oxygen atoms in total. The molecule has 0 heterocycles. The van der Waals surface area contributed by atoms with Gasteiger partial charge < -0.3 is 5.73 Å². The van der Waals surface area contributed by atoms with Gasteiger partial charge in [0.25, 0.3) is 0 Å². The molecule has 1 atom stereocenters. The molecule has 147 valence electrons. The number of nitrogens with two attached hydrogens (primary N) is 1. The molecule has 0 aromatic heterocycles. The highest BCUT2D eigenvalue weighted by molar-refractivity contribution is 6.00. The van der Waals surface area contributed by atoms with Crippen molar-refractivity contribution >= 4 is 11.7 Å². The maximum Gasteiger partial charge on any atom is 0.227 e. The van der Waals surface area contributed by atoms with Crippen LogP contribution in [0.25, 0.3) is 0 Å². The minimum atomic E-state index is -0.674. The molecule has 0 aliphatic heterocycles. The Hall–Kier alpha value is -0.860. The molecule has 3 heteroatoms. The fraction of sp³-hybridized carbons (Fsp3) is 0.864. The number of hydrogen-bond donors (Lipinski definition) is 1. The Bertz CT molecular complexity index is 328. The van der Waals surface area contributed by atoms with E-state index in [-0.39, 0.29) is 12.2 Å². The van der Waals surface area contributed by atoms with Crippen LogP contribution in [0.2, 0.25) is 0 Å². The van der Waals surface area contributed by atoms with Crippen LogP contribution in [0.4, 0.5) is 0 Å². The molecule has 0 bridgehead atoms. The summed E-state index contributed by atoms with van der Waals surface area (Å²) in [5.41, 5.74) is 5.20. The van der Waals surface area contributed by atoms with Crippen LogP contribution < -0.4 is 5.73 Å². The van der Waals surface area contributed by atoms with Crippen LogP contribution in [0.5, 0.6) is 0 Å². The predicted octanol–water partition coefficient (Wildman–Crippen LogP) is 6.14. The number of hydrogen-bond acceptors (Lipinski definition) is 2. The lowest BCUT2D eigenvalue weighted by atomic mass is 9.95. The van der Waals surface area contributed by atoms with E-state index in [9.17, 15) is 9.59 Å². The Morgan fingerprint density at radius 1 is 0.720 bits per heavy atom. The van der Waals surface area contributed by atoms with Gasteiger partial charge in [0, 0.05) is 6.42 Å². The highest BCUT2D eigenvalue weighted by Crippen LogP contribution is 2.15. The van der Waals surface area contributed by atoms with E-state index in [4.69, 9.17) is 5.73 Å². The first kappa shape index (κ1) is 24.1. The van der Waals surface area contributed by atoms with Crippen LogP contribution in [-0.4, -0.2) is 11.7 Å². The second-order valence-corrected chi connectivity index (χ2v) is 7.41. The van der Waals surface area contributed by atoms with Crippen LogP contribution in [0.3, 0.4) is 0 Å². The molecule has 1 unspecified atom stereocenters. The average Bonchev–Trinajstić information content (AvgIpc) is 2.58. The van der Waals surface area contributed by atoms with Crippen LogP contribution in [-0.2, 0) is 9.59 Å². The van der Waals surface area contributed by atoms with Gasteiger partial charge in [0.1, 0.15) is 5.78 Å². The molecule has 0 aliphatic carbocycles. The molecule has 25 heavy (non-hydrogen) atoms. The lowest BCUT2D eigenvalue weighted by molar-refractivity contribution is -0.132. The standard InChI is InChI=1S/C22H42NO2/c1-3-5-6-7-8-9-10-11-12-13-14-15-16-17-18-19-21(24)20(4-2)22(23)25/h20H,2-19H2,1H3,(H2,23,25). The van der Waals surface area contributed by atoms with E-state index in [2.05, 4.69) is 13.8 Å². The molecular formula is C22H42NO2. The topological polar surface area (TPSA) is 60.2 Å². The summed E-state index contributed by atoms with van der Waals surface area (Å²) in [6, 6.07) is 0. The van der Waals surface area contributed by atoms with Gasteiger partial charge >= 0.3 is 0 Å². The lowest BCUT2D eigenvalue weighted by Gasteiger charge is -2.09. The number of Topliss-reactive ketones (excluding diaryl/α,β-unsaturated/α-hetero) is 1. The first-order valence-corrected chi connectivity index (χ1v) is 10.7. The fourth-order valence-corrected chi connectivity index (χ4v) is 3.31. The number of unbranched alkanes of at least 4 members (excludes halogenated alkanes) is 14. The summed E-state index contributed by atoms with van der Waals surface area (Å²) in [7, 11) is 0. The Kier molecular flexibility index (Phi) is 17.3. The SMILES string of the molecule is [CH2]CC(C(N)=O)C(=O)CCCCCCCCCCCCCCCCC. The molecular weight excluding hydrogens is 310 g/mol. The van der Waals surface area contributed by atoms with Gasteiger partial charge in [-0.05, 0) is 12.8 Å². The molecule has 0 aliphatic rings. The largest absolute Gasteiger partial charge is 0.369 e. The monoisotopic (exact) mass is 352 g/mol. The van der Waals surface area contributed by atoms with Crippen molar-refractivity contribution in [3.05, 3.63) is 6.92 Å². The third-order valence-electron chi connectivity index (χ3n) is 5.05. The third-order valence-corrected chi connectivity index (χ3v) is 5.05. The maximum atomic E-state index is 11.8. The normalized spacial score (nSPS) is 12.2. The van der Waals surface area contributed by atoms with Gasteiger partial charge in [0.15, 0.2) is 0 Å². The van der Waals surface area contributed by atoms with Crippen LogP contribution in [0.15, 0.2) is 0 Å². The van der Waals surface area contributed by atoms with Gasteiger partial charge in [-0.2, -0.15) is 0 Å². The molecule has 0 aromatic carbocycles. The number of carbonyl (C=O) groups excluding carboxylic acids is 2. The van der Waals surface area contributed by atoms with E-state index >= 15 is 0 Å². The van der Waals surface area contributed by atoms with Crippen molar-refractivity contribution in [1.29, 1.82) is 0 Å². The van der Waals surface area contributed by atoms with Gasteiger partial charge in [0.05, 0.1) is 5.92 Å². The molecule has 2 N–H and O–H groups in total. The van der Waals surface area contributed by atoms with Crippen molar-refractivity contribution in [3.63, 3.8) is 0 Å². The molecule has 1 amide bonds. The van der Waals surface area contributed by atoms with Crippen molar-refractivity contribution in [3.8, 4) is 0 Å². The smallest absolute Gasteiger partial charge is 0.227 e. The Morgan fingerprint density at radius 3 is 1.40 bits per heavy atom. The fourth-order valence-electron chi connectivity index (χ4n) is 3.31. The molecule has 0 rings (SSSR count). The first-order chi connectivity index (χ1) is 12.1. The second-order valence-electron chi connectivity index (χ2n) is 7.41. The van der Waals surface area contributed by atoms with E-state index in [1.54, 1.807) is 0 Å². The van der Waals surface area contributed by atoms with Crippen LogP contribution in [0, 0.1) is 12.8 Å². The van der Waals surface area contributed by atoms with E-state index in [1.165, 1.54) is 83.5 Å². The summed E-state index contributed by atoms with van der Waals surface area (Å²) in [5.74, 6) is -1.23. The summed E-state index contributed by atoms with van der Waals surface area (Å²) >= 11 is 0. The van der Waals surface area contributed by atoms with Gasteiger partial charge in [-0.1, -0.05) is 104 Å². The van der Waals surface area contributed by atoms with Gasteiger partial charge in [-0.25, -0.2) is 0 Å². The predicted molar refractivity (Wildman–Crippen MR) is 107 cm³/mol. The lowest BCUT2D eigenvalue weighted by Crippen LogP contribution is -2.29. The van der Waals surface area contributed by atoms with Crippen LogP contribution in [0.1, 0.15) is 116 Å². The maximum absolute atomic E-state index is 11.8. The van der Waals surface area contributed by atoms with E-state index in [0.29, 0.717) is 6.42 Å². The number of primary amides is 1. The Labute approximate surface area is 156 Å². The summed E-state index contributed by atoms with van der Waals surface area (Å²) in [4.78, 5) is 22.9. The highest BCUT2D eigenvalue weighted by atomic mass is 16.2. The zero-order valence-corrected chi connectivity index (χ0v) is 16.7. The molecule has 0 saturated heterocycles. The number of rotatable bonds is 19. The number of ketones is 1. The molecule has 0 fully saturated rings. The zero-order valence-electron chi connectivity index (χ0n) is 16.7. The van der Waals surface area contributed by atoms with Crippen molar-refractivity contribution in [2.75, 3.05) is 0 Å². The summed E-state index contributed by atoms with van der Waals surface area (Å²) in [5, 5.41) is 0. The van der Waals surface area contributed by atoms with Crippen LogP contribution >= 0.6 is 0 Å².